The van der Waals surface area contributed by atoms with Crippen LogP contribution in [0.3, 0.4) is 0 Å². The summed E-state index contributed by atoms with van der Waals surface area (Å²) in [7, 11) is 0. The summed E-state index contributed by atoms with van der Waals surface area (Å²) < 4.78 is 213. The summed E-state index contributed by atoms with van der Waals surface area (Å²) in [6.45, 7) is -0.523. The lowest BCUT2D eigenvalue weighted by molar-refractivity contribution is -0.434. The maximum absolute atomic E-state index is 13.4. The Balaban J connectivity index is 3.41. The van der Waals surface area contributed by atoms with Gasteiger partial charge in [0.05, 0.1) is 12.7 Å². The van der Waals surface area contributed by atoms with Gasteiger partial charge in [-0.25, -0.2) is 17.6 Å². The van der Waals surface area contributed by atoms with E-state index in [1.54, 1.807) is 0 Å². The van der Waals surface area contributed by atoms with Gasteiger partial charge in [0.2, 0.25) is 6.17 Å². The van der Waals surface area contributed by atoms with Gasteiger partial charge in [-0.05, 0) is 0 Å². The quantitative estimate of drug-likeness (QED) is 0.301. The molecule has 0 aromatic carbocycles. The van der Waals surface area contributed by atoms with Crippen LogP contribution in [0.1, 0.15) is 6.42 Å². The summed E-state index contributed by atoms with van der Waals surface area (Å²) >= 11 is 0. The Morgan fingerprint density at radius 1 is 0.621 bits per heavy atom. The molecule has 0 aromatic rings. The average Bonchev–Trinajstić information content (AvgIpc) is 3.36. The van der Waals surface area contributed by atoms with Gasteiger partial charge in [-0.3, -0.25) is 0 Å². The highest BCUT2D eigenvalue weighted by molar-refractivity contribution is 5.14. The number of rotatable bonds is 10. The average molecular weight is 472 g/mol. The van der Waals surface area contributed by atoms with E-state index in [9.17, 15) is 70.2 Å². The number of hydrogen-bond acceptors (Lipinski definition) is 1. The molecule has 0 spiro atoms. The maximum atomic E-state index is 13.4. The van der Waals surface area contributed by atoms with E-state index in [1.807, 2.05) is 0 Å². The third kappa shape index (κ3) is 3.71. The number of ether oxygens (including phenoxy) is 1. The number of halogens is 16. The molecule has 174 valence electrons. The largest absolute Gasteiger partial charge is 0.384 e. The zero-order valence-electron chi connectivity index (χ0n) is 13.2. The summed E-state index contributed by atoms with van der Waals surface area (Å²) in [5.74, 6) is -46.5. The molecule has 0 bridgehead atoms. The monoisotopic (exact) mass is 472 g/mol. The number of hydrogen-bond donors (Lipinski definition) is 0. The van der Waals surface area contributed by atoms with Crippen molar-refractivity contribution in [3.63, 3.8) is 0 Å². The van der Waals surface area contributed by atoms with Gasteiger partial charge >= 0.3 is 35.5 Å². The summed E-state index contributed by atoms with van der Waals surface area (Å²) in [5.41, 5.74) is 0. The van der Waals surface area contributed by atoms with Crippen LogP contribution >= 0.6 is 0 Å². The van der Waals surface area contributed by atoms with Crippen LogP contribution in [-0.4, -0.2) is 67.0 Å². The Labute approximate surface area is 150 Å². The molecule has 1 aliphatic heterocycles. The topological polar surface area (TPSA) is 12.5 Å². The highest BCUT2D eigenvalue weighted by atomic mass is 19.4. The van der Waals surface area contributed by atoms with E-state index in [-0.39, 0.29) is 0 Å². The van der Waals surface area contributed by atoms with Crippen LogP contribution in [0.4, 0.5) is 70.2 Å². The summed E-state index contributed by atoms with van der Waals surface area (Å²) in [4.78, 5) is 0. The van der Waals surface area contributed by atoms with E-state index < -0.39 is 73.4 Å². The van der Waals surface area contributed by atoms with Gasteiger partial charge in [0.25, 0.3) is 6.43 Å². The molecule has 1 heterocycles. The van der Waals surface area contributed by atoms with Crippen LogP contribution < -0.4 is 0 Å². The second-order valence-electron chi connectivity index (χ2n) is 5.94. The van der Waals surface area contributed by atoms with Gasteiger partial charge in [0, 0.05) is 6.42 Å². The molecule has 1 nitrogen and oxygen atoms in total. The minimum atomic E-state index is -8.24. The smallest absolute Gasteiger partial charge is 0.373 e. The standard InChI is InChI=1S/C12H8F16O/c13-4(1-3-2-29-3)7(17,18)9(21,22)11(25,26)12(27,28)10(23,24)8(19,20)5(14)6(15)16/h3-6H,1-2H2. The van der Waals surface area contributed by atoms with E-state index in [0.29, 0.717) is 0 Å². The van der Waals surface area contributed by atoms with Gasteiger partial charge in [0.1, 0.15) is 0 Å². The van der Waals surface area contributed by atoms with Crippen molar-refractivity contribution >= 4 is 0 Å². The Kier molecular flexibility index (Phi) is 6.44. The molecule has 0 aromatic heterocycles. The first-order valence-corrected chi connectivity index (χ1v) is 7.05. The minimum Gasteiger partial charge on any atom is -0.373 e. The zero-order valence-corrected chi connectivity index (χ0v) is 13.2. The first-order chi connectivity index (χ1) is 12.6. The molecule has 1 rings (SSSR count). The highest BCUT2D eigenvalue weighted by Crippen LogP contribution is 2.61. The predicted molar refractivity (Wildman–Crippen MR) is 59.8 cm³/mol. The summed E-state index contributed by atoms with van der Waals surface area (Å²) in [6, 6.07) is 0. The normalized spacial score (nSPS) is 22.0. The van der Waals surface area contributed by atoms with E-state index in [0.717, 1.165) is 0 Å². The molecule has 1 saturated heterocycles. The van der Waals surface area contributed by atoms with Crippen molar-refractivity contribution in [3.05, 3.63) is 0 Å². The van der Waals surface area contributed by atoms with Crippen LogP contribution in [0.15, 0.2) is 0 Å². The van der Waals surface area contributed by atoms with Crippen molar-refractivity contribution in [2.24, 2.45) is 0 Å². The summed E-state index contributed by atoms with van der Waals surface area (Å²) in [5, 5.41) is 0. The van der Waals surface area contributed by atoms with Gasteiger partial charge in [-0.2, -0.15) is 52.7 Å². The van der Waals surface area contributed by atoms with Gasteiger partial charge < -0.3 is 4.74 Å². The molecule has 0 N–H and O–H groups in total. The molecular weight excluding hydrogens is 464 g/mol. The molecule has 0 saturated carbocycles. The Morgan fingerprint density at radius 2 is 0.966 bits per heavy atom. The molecule has 0 aliphatic carbocycles. The lowest BCUT2D eigenvalue weighted by Gasteiger charge is -2.42. The van der Waals surface area contributed by atoms with Crippen LogP contribution in [-0.2, 0) is 4.74 Å². The first kappa shape index (κ1) is 25.9. The lowest BCUT2D eigenvalue weighted by Crippen LogP contribution is -2.73. The van der Waals surface area contributed by atoms with Crippen LogP contribution in [0.25, 0.3) is 0 Å². The molecule has 29 heavy (non-hydrogen) atoms. The van der Waals surface area contributed by atoms with Crippen molar-refractivity contribution in [2.45, 2.75) is 66.8 Å². The molecule has 0 amide bonds. The highest BCUT2D eigenvalue weighted by Gasteiger charge is 2.91. The Bertz CT molecular complexity index is 582. The molecule has 3 atom stereocenters. The van der Waals surface area contributed by atoms with Crippen molar-refractivity contribution < 1.29 is 75.0 Å². The van der Waals surface area contributed by atoms with E-state index in [1.165, 1.54) is 0 Å². The molecule has 0 radical (unpaired) electrons. The molecule has 17 heteroatoms. The number of epoxide rings is 1. The van der Waals surface area contributed by atoms with Gasteiger partial charge in [-0.1, -0.05) is 0 Å². The first-order valence-electron chi connectivity index (χ1n) is 7.05. The predicted octanol–water partition coefficient (Wildman–Crippen LogP) is 5.53. The zero-order chi connectivity index (χ0) is 23.4. The van der Waals surface area contributed by atoms with E-state index >= 15 is 0 Å². The van der Waals surface area contributed by atoms with Crippen LogP contribution in [0.5, 0.6) is 0 Å². The van der Waals surface area contributed by atoms with E-state index in [4.69, 9.17) is 0 Å². The maximum Gasteiger partial charge on any atom is 0.384 e. The van der Waals surface area contributed by atoms with Crippen molar-refractivity contribution in [3.8, 4) is 0 Å². The van der Waals surface area contributed by atoms with Crippen LogP contribution in [0, 0.1) is 0 Å². The fourth-order valence-corrected chi connectivity index (χ4v) is 1.92. The van der Waals surface area contributed by atoms with Crippen LogP contribution in [0.2, 0.25) is 0 Å². The molecular formula is C12H8F16O. The SMILES string of the molecule is FC(F)C(F)C(F)(F)C(F)(F)C(F)(F)C(F)(F)C(F)(F)C(F)(F)C(F)CC1CO1. The second kappa shape index (κ2) is 7.21. The Hall–Kier alpha value is -1.16. The van der Waals surface area contributed by atoms with Gasteiger partial charge in [0.15, 0.2) is 6.17 Å². The molecule has 1 aliphatic rings. The summed E-state index contributed by atoms with van der Waals surface area (Å²) in [6.07, 6.45) is -18.5. The van der Waals surface area contributed by atoms with E-state index in [2.05, 4.69) is 4.74 Å². The fraction of sp³-hybridized carbons (Fsp3) is 1.00. The van der Waals surface area contributed by atoms with Crippen molar-refractivity contribution in [1.82, 2.24) is 0 Å². The van der Waals surface area contributed by atoms with Crippen molar-refractivity contribution in [1.29, 1.82) is 0 Å². The molecule has 3 unspecified atom stereocenters. The lowest BCUT2D eigenvalue weighted by atomic mass is 9.88. The Morgan fingerprint density at radius 3 is 1.28 bits per heavy atom. The van der Waals surface area contributed by atoms with Crippen molar-refractivity contribution in [2.75, 3.05) is 6.61 Å². The third-order valence-electron chi connectivity index (χ3n) is 3.85. The fourth-order valence-electron chi connectivity index (χ4n) is 1.92. The minimum absolute atomic E-state index is 0.523. The molecule has 1 fully saturated rings. The van der Waals surface area contributed by atoms with Gasteiger partial charge in [-0.15, -0.1) is 0 Å². The second-order valence-corrected chi connectivity index (χ2v) is 5.94. The third-order valence-corrected chi connectivity index (χ3v) is 3.85. The number of alkyl halides is 16.